The van der Waals surface area contributed by atoms with Gasteiger partial charge in [-0.1, -0.05) is 13.0 Å². The van der Waals surface area contributed by atoms with E-state index in [9.17, 15) is 0 Å². The van der Waals surface area contributed by atoms with Gasteiger partial charge in [0, 0.05) is 30.0 Å². The zero-order valence-electron chi connectivity index (χ0n) is 10.4. The molecule has 0 aliphatic rings. The molecule has 0 atom stereocenters. The van der Waals surface area contributed by atoms with Gasteiger partial charge in [-0.05, 0) is 34.5 Å². The fourth-order valence-corrected chi connectivity index (χ4v) is 2.30. The van der Waals surface area contributed by atoms with Crippen molar-refractivity contribution in [2.24, 2.45) is 0 Å². The Kier molecular flexibility index (Phi) is 4.31. The van der Waals surface area contributed by atoms with Crippen molar-refractivity contribution in [3.05, 3.63) is 41.7 Å². The van der Waals surface area contributed by atoms with E-state index in [2.05, 4.69) is 44.3 Å². The molecule has 18 heavy (non-hydrogen) atoms. The van der Waals surface area contributed by atoms with E-state index in [1.807, 2.05) is 30.6 Å². The molecule has 2 rings (SSSR count). The molecule has 0 aliphatic heterocycles. The van der Waals surface area contributed by atoms with Crippen LogP contribution in [0.3, 0.4) is 0 Å². The third-order valence-electron chi connectivity index (χ3n) is 2.71. The van der Waals surface area contributed by atoms with E-state index in [1.165, 1.54) is 0 Å². The quantitative estimate of drug-likeness (QED) is 0.787. The van der Waals surface area contributed by atoms with Gasteiger partial charge in [0.25, 0.3) is 0 Å². The minimum Gasteiger partial charge on any atom is -0.366 e. The average Bonchev–Trinajstić information content (AvgIpc) is 2.37. The summed E-state index contributed by atoms with van der Waals surface area (Å²) in [5.74, 6) is 0. The molecule has 4 heteroatoms. The molecule has 0 N–H and O–H groups in total. The molecular formula is C14H16BrN3. The SMILES string of the molecule is C=CCN(CCC)c1ccnc2cc(Br)cnc12. The molecule has 0 saturated heterocycles. The summed E-state index contributed by atoms with van der Waals surface area (Å²) in [6, 6.07) is 4.01. The number of halogens is 1. The fourth-order valence-electron chi connectivity index (χ4n) is 1.98. The minimum atomic E-state index is 0.824. The van der Waals surface area contributed by atoms with Crippen molar-refractivity contribution in [1.82, 2.24) is 9.97 Å². The van der Waals surface area contributed by atoms with Crippen molar-refractivity contribution >= 4 is 32.7 Å². The Hall–Kier alpha value is -1.42. The molecule has 0 spiro atoms. The molecule has 0 fully saturated rings. The lowest BCUT2D eigenvalue weighted by molar-refractivity contribution is 0.818. The number of pyridine rings is 2. The topological polar surface area (TPSA) is 29.0 Å². The molecule has 0 aliphatic carbocycles. The van der Waals surface area contributed by atoms with E-state index in [0.29, 0.717) is 0 Å². The number of rotatable bonds is 5. The summed E-state index contributed by atoms with van der Waals surface area (Å²) in [6.45, 7) is 7.80. The van der Waals surface area contributed by atoms with Gasteiger partial charge in [-0.3, -0.25) is 9.97 Å². The Bertz CT molecular complexity index is 554. The van der Waals surface area contributed by atoms with Crippen molar-refractivity contribution in [3.8, 4) is 0 Å². The maximum atomic E-state index is 4.48. The highest BCUT2D eigenvalue weighted by atomic mass is 79.9. The molecule has 0 aromatic carbocycles. The highest BCUT2D eigenvalue weighted by molar-refractivity contribution is 9.10. The molecule has 0 unspecified atom stereocenters. The Morgan fingerprint density at radius 1 is 1.44 bits per heavy atom. The zero-order chi connectivity index (χ0) is 13.0. The first-order valence-electron chi connectivity index (χ1n) is 6.02. The molecule has 0 saturated carbocycles. The Balaban J connectivity index is 2.51. The molecule has 0 amide bonds. The first-order valence-corrected chi connectivity index (χ1v) is 6.81. The largest absolute Gasteiger partial charge is 0.366 e. The lowest BCUT2D eigenvalue weighted by Crippen LogP contribution is -2.24. The number of hydrogen-bond donors (Lipinski definition) is 0. The first-order chi connectivity index (χ1) is 8.76. The molecular weight excluding hydrogens is 290 g/mol. The monoisotopic (exact) mass is 305 g/mol. The van der Waals surface area contributed by atoms with Crippen LogP contribution in [-0.4, -0.2) is 23.1 Å². The van der Waals surface area contributed by atoms with Gasteiger partial charge in [0.05, 0.1) is 11.2 Å². The van der Waals surface area contributed by atoms with Gasteiger partial charge in [0.2, 0.25) is 0 Å². The van der Waals surface area contributed by atoms with Gasteiger partial charge in [-0.25, -0.2) is 0 Å². The average molecular weight is 306 g/mol. The second-order valence-electron chi connectivity index (χ2n) is 4.09. The lowest BCUT2D eigenvalue weighted by atomic mass is 10.2. The van der Waals surface area contributed by atoms with E-state index in [4.69, 9.17) is 0 Å². The third-order valence-corrected chi connectivity index (χ3v) is 3.14. The highest BCUT2D eigenvalue weighted by Gasteiger charge is 2.10. The van der Waals surface area contributed by atoms with Crippen molar-refractivity contribution in [2.75, 3.05) is 18.0 Å². The van der Waals surface area contributed by atoms with Crippen LogP contribution in [0.25, 0.3) is 11.0 Å². The van der Waals surface area contributed by atoms with Crippen molar-refractivity contribution in [2.45, 2.75) is 13.3 Å². The standard InChI is InChI=1S/C14H16BrN3/c1-3-7-18(8-4-2)13-5-6-16-12-9-11(15)10-17-14(12)13/h3,5-6,9-10H,1,4,7-8H2,2H3. The predicted octanol–water partition coefficient (Wildman–Crippen LogP) is 3.79. The zero-order valence-corrected chi connectivity index (χ0v) is 12.0. The smallest absolute Gasteiger partial charge is 0.112 e. The van der Waals surface area contributed by atoms with Crippen LogP contribution >= 0.6 is 15.9 Å². The first kappa shape index (κ1) is 13.0. The van der Waals surface area contributed by atoms with Crippen LogP contribution in [0.4, 0.5) is 5.69 Å². The van der Waals surface area contributed by atoms with Crippen molar-refractivity contribution in [3.63, 3.8) is 0 Å². The summed E-state index contributed by atoms with van der Waals surface area (Å²) in [6.07, 6.45) is 6.65. The summed E-state index contributed by atoms with van der Waals surface area (Å²) in [7, 11) is 0. The molecule has 2 aromatic rings. The van der Waals surface area contributed by atoms with Gasteiger partial charge >= 0.3 is 0 Å². The van der Waals surface area contributed by atoms with Crippen LogP contribution in [0.15, 0.2) is 41.7 Å². The van der Waals surface area contributed by atoms with E-state index >= 15 is 0 Å². The molecule has 3 nitrogen and oxygen atoms in total. The summed E-state index contributed by atoms with van der Waals surface area (Å²) in [5, 5.41) is 0. The Morgan fingerprint density at radius 3 is 3.00 bits per heavy atom. The summed E-state index contributed by atoms with van der Waals surface area (Å²) >= 11 is 3.42. The molecule has 0 radical (unpaired) electrons. The van der Waals surface area contributed by atoms with Crippen LogP contribution in [0.1, 0.15) is 13.3 Å². The predicted molar refractivity (Wildman–Crippen MR) is 79.9 cm³/mol. The van der Waals surface area contributed by atoms with Crippen LogP contribution in [0, 0.1) is 0 Å². The van der Waals surface area contributed by atoms with Crippen LogP contribution in [0.5, 0.6) is 0 Å². The van der Waals surface area contributed by atoms with E-state index in [1.54, 1.807) is 0 Å². The molecule has 2 heterocycles. The fraction of sp³-hybridized carbons (Fsp3) is 0.286. The van der Waals surface area contributed by atoms with E-state index in [-0.39, 0.29) is 0 Å². The van der Waals surface area contributed by atoms with Gasteiger partial charge in [-0.15, -0.1) is 6.58 Å². The number of fused-ring (bicyclic) bond motifs is 1. The summed E-state index contributed by atoms with van der Waals surface area (Å²) in [5.41, 5.74) is 2.97. The highest BCUT2D eigenvalue weighted by Crippen LogP contribution is 2.25. The molecule has 2 aromatic heterocycles. The summed E-state index contributed by atoms with van der Waals surface area (Å²) in [4.78, 5) is 11.1. The molecule has 0 bridgehead atoms. The summed E-state index contributed by atoms with van der Waals surface area (Å²) < 4.78 is 0.949. The van der Waals surface area contributed by atoms with Crippen LogP contribution in [0.2, 0.25) is 0 Å². The maximum Gasteiger partial charge on any atom is 0.112 e. The van der Waals surface area contributed by atoms with Crippen LogP contribution < -0.4 is 4.90 Å². The second kappa shape index (κ2) is 5.96. The number of aromatic nitrogens is 2. The Morgan fingerprint density at radius 2 is 2.28 bits per heavy atom. The third kappa shape index (κ3) is 2.70. The van der Waals surface area contributed by atoms with Crippen molar-refractivity contribution in [1.29, 1.82) is 0 Å². The number of hydrogen-bond acceptors (Lipinski definition) is 3. The van der Waals surface area contributed by atoms with Crippen molar-refractivity contribution < 1.29 is 0 Å². The lowest BCUT2D eigenvalue weighted by Gasteiger charge is -2.23. The number of anilines is 1. The number of nitrogens with zero attached hydrogens (tertiary/aromatic N) is 3. The Labute approximate surface area is 116 Å². The van der Waals surface area contributed by atoms with Gasteiger partial charge in [-0.2, -0.15) is 0 Å². The van der Waals surface area contributed by atoms with Gasteiger partial charge in [0.15, 0.2) is 0 Å². The maximum absolute atomic E-state index is 4.48. The van der Waals surface area contributed by atoms with Gasteiger partial charge in [0.1, 0.15) is 5.52 Å². The molecule has 94 valence electrons. The van der Waals surface area contributed by atoms with E-state index < -0.39 is 0 Å². The second-order valence-corrected chi connectivity index (χ2v) is 5.00. The van der Waals surface area contributed by atoms with Crippen LogP contribution in [-0.2, 0) is 0 Å². The van der Waals surface area contributed by atoms with E-state index in [0.717, 1.165) is 40.7 Å². The minimum absolute atomic E-state index is 0.824. The van der Waals surface area contributed by atoms with Gasteiger partial charge < -0.3 is 4.90 Å². The normalized spacial score (nSPS) is 10.6.